The van der Waals surface area contributed by atoms with Gasteiger partial charge in [0.25, 0.3) is 0 Å². The van der Waals surface area contributed by atoms with Gasteiger partial charge in [0, 0.05) is 6.07 Å². The predicted octanol–water partition coefficient (Wildman–Crippen LogP) is 5.47. The molecule has 0 spiro atoms. The van der Waals surface area contributed by atoms with Crippen LogP contribution in [0.15, 0.2) is 52.9 Å². The zero-order valence-electron chi connectivity index (χ0n) is 14.6. The lowest BCUT2D eigenvalue weighted by Gasteiger charge is -2.28. The minimum Gasteiger partial charge on any atom is -0.442 e. The summed E-state index contributed by atoms with van der Waals surface area (Å²) in [6.45, 7) is 1.87. The van der Waals surface area contributed by atoms with Crippen molar-refractivity contribution in [2.75, 3.05) is 4.90 Å². The fourth-order valence-corrected chi connectivity index (χ4v) is 4.02. The first-order valence-corrected chi connectivity index (χ1v) is 9.05. The van der Waals surface area contributed by atoms with Crippen molar-refractivity contribution in [2.45, 2.75) is 32.6 Å². The molecule has 130 valence electrons. The number of benzene rings is 2. The van der Waals surface area contributed by atoms with Crippen molar-refractivity contribution in [2.24, 2.45) is 0 Å². The highest BCUT2D eigenvalue weighted by molar-refractivity contribution is 6.02. The Morgan fingerprint density at radius 2 is 1.77 bits per heavy atom. The predicted molar refractivity (Wildman–Crippen MR) is 99.7 cm³/mol. The molecule has 0 N–H and O–H groups in total. The second-order valence-corrected chi connectivity index (χ2v) is 6.89. The standard InChI is InChI=1S/C22H19NO3/c1-14-13-20-21(25-14)23(19-11-5-4-10-17(19)22(24)26-20)18-12-6-8-15-7-2-3-9-16(15)18/h4-6,8,10-13H,2-3,7,9H2,1H3. The zero-order valence-corrected chi connectivity index (χ0v) is 14.6. The number of hydrogen-bond acceptors (Lipinski definition) is 4. The Morgan fingerprint density at radius 3 is 2.69 bits per heavy atom. The molecule has 0 atom stereocenters. The van der Waals surface area contributed by atoms with Crippen molar-refractivity contribution >= 4 is 23.2 Å². The highest BCUT2D eigenvalue weighted by Crippen LogP contribution is 2.47. The Morgan fingerprint density at radius 1 is 0.962 bits per heavy atom. The van der Waals surface area contributed by atoms with E-state index >= 15 is 0 Å². The topological polar surface area (TPSA) is 42.7 Å². The van der Waals surface area contributed by atoms with E-state index in [1.54, 1.807) is 12.1 Å². The fourth-order valence-electron chi connectivity index (χ4n) is 4.02. The number of carbonyl (C=O) groups excluding carboxylic acids is 1. The molecule has 4 heteroatoms. The molecule has 5 rings (SSSR count). The van der Waals surface area contributed by atoms with Crippen LogP contribution in [0, 0.1) is 6.92 Å². The van der Waals surface area contributed by atoms with E-state index in [0.29, 0.717) is 17.2 Å². The molecule has 0 amide bonds. The van der Waals surface area contributed by atoms with Crippen LogP contribution >= 0.6 is 0 Å². The summed E-state index contributed by atoms with van der Waals surface area (Å²) in [5.41, 5.74) is 5.13. The fraction of sp³-hybridized carbons (Fsp3) is 0.227. The molecule has 0 saturated heterocycles. The molecule has 26 heavy (non-hydrogen) atoms. The number of para-hydroxylation sites is 1. The Kier molecular flexibility index (Phi) is 3.38. The molecule has 2 aromatic carbocycles. The summed E-state index contributed by atoms with van der Waals surface area (Å²) in [5.74, 6) is 1.41. The lowest BCUT2D eigenvalue weighted by Crippen LogP contribution is -2.16. The molecule has 0 saturated carbocycles. The molecular weight excluding hydrogens is 326 g/mol. The van der Waals surface area contributed by atoms with Crippen LogP contribution in [0.25, 0.3) is 0 Å². The first kappa shape index (κ1) is 15.3. The molecule has 2 heterocycles. The Hall–Kier alpha value is -3.01. The van der Waals surface area contributed by atoms with Crippen molar-refractivity contribution in [1.82, 2.24) is 0 Å². The van der Waals surface area contributed by atoms with E-state index in [-0.39, 0.29) is 5.97 Å². The largest absolute Gasteiger partial charge is 0.442 e. The van der Waals surface area contributed by atoms with Gasteiger partial charge in [-0.25, -0.2) is 4.79 Å². The maximum Gasteiger partial charge on any atom is 0.345 e. The van der Waals surface area contributed by atoms with Gasteiger partial charge in [-0.2, -0.15) is 0 Å². The van der Waals surface area contributed by atoms with Gasteiger partial charge in [-0.15, -0.1) is 0 Å². The molecule has 0 bridgehead atoms. The van der Waals surface area contributed by atoms with Crippen molar-refractivity contribution in [3.05, 3.63) is 71.0 Å². The van der Waals surface area contributed by atoms with Crippen molar-refractivity contribution in [3.63, 3.8) is 0 Å². The van der Waals surface area contributed by atoms with E-state index in [0.717, 1.165) is 30.0 Å². The zero-order chi connectivity index (χ0) is 17.7. The number of fused-ring (bicyclic) bond motifs is 3. The average Bonchev–Trinajstić information content (AvgIpc) is 2.97. The van der Waals surface area contributed by atoms with Gasteiger partial charge in [-0.05, 0) is 61.9 Å². The lowest BCUT2D eigenvalue weighted by molar-refractivity contribution is 0.0738. The van der Waals surface area contributed by atoms with Gasteiger partial charge in [0.2, 0.25) is 5.88 Å². The number of aryl methyl sites for hydroxylation is 2. The Bertz CT molecular complexity index is 1020. The SMILES string of the molecule is Cc1cc2c(o1)N(c1cccc3c1CCCC3)c1ccccc1C(=O)O2. The summed E-state index contributed by atoms with van der Waals surface area (Å²) in [4.78, 5) is 14.7. The van der Waals surface area contributed by atoms with Gasteiger partial charge < -0.3 is 9.15 Å². The van der Waals surface area contributed by atoms with Crippen LogP contribution in [-0.4, -0.2) is 5.97 Å². The minimum atomic E-state index is -0.352. The van der Waals surface area contributed by atoms with Crippen molar-refractivity contribution in [1.29, 1.82) is 0 Å². The van der Waals surface area contributed by atoms with Crippen LogP contribution < -0.4 is 9.64 Å². The first-order valence-electron chi connectivity index (χ1n) is 9.05. The third-order valence-corrected chi connectivity index (χ3v) is 5.19. The molecule has 2 aliphatic rings. The number of furan rings is 1. The molecule has 0 unspecified atom stereocenters. The highest BCUT2D eigenvalue weighted by Gasteiger charge is 2.32. The number of nitrogens with zero attached hydrogens (tertiary/aromatic N) is 1. The Balaban J connectivity index is 1.81. The Labute approximate surface area is 152 Å². The van der Waals surface area contributed by atoms with E-state index in [4.69, 9.17) is 9.15 Å². The number of hydrogen-bond donors (Lipinski definition) is 0. The summed E-state index contributed by atoms with van der Waals surface area (Å²) >= 11 is 0. The summed E-state index contributed by atoms with van der Waals surface area (Å²) in [5, 5.41) is 0. The molecule has 1 aliphatic carbocycles. The van der Waals surface area contributed by atoms with E-state index < -0.39 is 0 Å². The van der Waals surface area contributed by atoms with E-state index in [1.807, 2.05) is 30.0 Å². The maximum absolute atomic E-state index is 12.7. The third-order valence-electron chi connectivity index (χ3n) is 5.19. The summed E-state index contributed by atoms with van der Waals surface area (Å²) in [6, 6.07) is 15.7. The van der Waals surface area contributed by atoms with Gasteiger partial charge in [0.05, 0.1) is 16.9 Å². The second kappa shape index (κ2) is 5.77. The van der Waals surface area contributed by atoms with Gasteiger partial charge >= 0.3 is 5.97 Å². The van der Waals surface area contributed by atoms with E-state index in [1.165, 1.54) is 24.0 Å². The van der Waals surface area contributed by atoms with Crippen LogP contribution in [0.1, 0.15) is 40.1 Å². The average molecular weight is 345 g/mol. The minimum absolute atomic E-state index is 0.352. The third kappa shape index (κ3) is 2.25. The smallest absolute Gasteiger partial charge is 0.345 e. The monoisotopic (exact) mass is 345 g/mol. The van der Waals surface area contributed by atoms with Gasteiger partial charge in [-0.3, -0.25) is 4.90 Å². The lowest BCUT2D eigenvalue weighted by atomic mass is 9.90. The van der Waals surface area contributed by atoms with Crippen molar-refractivity contribution in [3.8, 4) is 5.75 Å². The van der Waals surface area contributed by atoms with Crippen LogP contribution in [-0.2, 0) is 12.8 Å². The number of rotatable bonds is 1. The van der Waals surface area contributed by atoms with E-state index in [9.17, 15) is 4.79 Å². The summed E-state index contributed by atoms with van der Waals surface area (Å²) in [6.07, 6.45) is 4.53. The van der Waals surface area contributed by atoms with Gasteiger partial charge in [-0.1, -0.05) is 24.3 Å². The number of ether oxygens (including phenoxy) is 1. The van der Waals surface area contributed by atoms with Crippen LogP contribution in [0.2, 0.25) is 0 Å². The summed E-state index contributed by atoms with van der Waals surface area (Å²) in [7, 11) is 0. The van der Waals surface area contributed by atoms with Crippen LogP contribution in [0.5, 0.6) is 5.75 Å². The number of carbonyl (C=O) groups is 1. The molecular formula is C22H19NO3. The molecule has 4 nitrogen and oxygen atoms in total. The van der Waals surface area contributed by atoms with Crippen LogP contribution in [0.3, 0.4) is 0 Å². The first-order chi connectivity index (χ1) is 12.7. The van der Waals surface area contributed by atoms with Gasteiger partial charge in [0.15, 0.2) is 5.75 Å². The molecule has 1 aliphatic heterocycles. The molecule has 0 radical (unpaired) electrons. The van der Waals surface area contributed by atoms with Crippen LogP contribution in [0.4, 0.5) is 17.3 Å². The van der Waals surface area contributed by atoms with Crippen molar-refractivity contribution < 1.29 is 13.9 Å². The number of esters is 1. The maximum atomic E-state index is 12.7. The van der Waals surface area contributed by atoms with Gasteiger partial charge in [0.1, 0.15) is 5.76 Å². The molecule has 1 aromatic heterocycles. The highest BCUT2D eigenvalue weighted by atomic mass is 16.5. The molecule has 3 aromatic rings. The normalized spacial score (nSPS) is 15.6. The molecule has 0 fully saturated rings. The second-order valence-electron chi connectivity index (χ2n) is 6.89. The summed E-state index contributed by atoms with van der Waals surface area (Å²) < 4.78 is 11.6. The van der Waals surface area contributed by atoms with E-state index in [2.05, 4.69) is 18.2 Å². The quantitative estimate of drug-likeness (QED) is 0.549. The number of anilines is 3.